The van der Waals surface area contributed by atoms with Crippen molar-refractivity contribution in [1.29, 1.82) is 5.26 Å². The maximum absolute atomic E-state index is 9.05. The Hall–Kier alpha value is -2.19. The van der Waals surface area contributed by atoms with E-state index in [0.717, 1.165) is 36.5 Å². The first kappa shape index (κ1) is 14.2. The summed E-state index contributed by atoms with van der Waals surface area (Å²) in [6.45, 7) is 0. The van der Waals surface area contributed by atoms with E-state index in [9.17, 15) is 0 Å². The maximum Gasteiger partial charge on any atom is 0.230 e. The highest BCUT2D eigenvalue weighted by Gasteiger charge is 2.44. The summed E-state index contributed by atoms with van der Waals surface area (Å²) in [5.41, 5.74) is 1.92. The highest BCUT2D eigenvalue weighted by Crippen LogP contribution is 2.54. The molecule has 0 amide bonds. The quantitative estimate of drug-likeness (QED) is 0.940. The highest BCUT2D eigenvalue weighted by atomic mass is 16.5. The second kappa shape index (κ2) is 5.42. The fourth-order valence-corrected chi connectivity index (χ4v) is 4.51. The van der Waals surface area contributed by atoms with Crippen LogP contribution >= 0.6 is 0 Å². The second-order valence-corrected chi connectivity index (χ2v) is 7.48. The summed E-state index contributed by atoms with van der Waals surface area (Å²) in [7, 11) is 0. The van der Waals surface area contributed by atoms with Gasteiger partial charge in [-0.1, -0.05) is 17.3 Å². The third kappa shape index (κ3) is 2.42. The van der Waals surface area contributed by atoms with Crippen molar-refractivity contribution in [3.63, 3.8) is 0 Å². The van der Waals surface area contributed by atoms with E-state index in [1.807, 2.05) is 18.2 Å². The van der Waals surface area contributed by atoms with Crippen LogP contribution in [0, 0.1) is 11.3 Å². The lowest BCUT2D eigenvalue weighted by Crippen LogP contribution is -2.37. The predicted octanol–water partition coefficient (Wildman–Crippen LogP) is 3.21. The minimum atomic E-state index is 0.318. The summed E-state index contributed by atoms with van der Waals surface area (Å²) in [5, 5.41) is 17.0. The van der Waals surface area contributed by atoms with Crippen LogP contribution in [-0.4, -0.2) is 22.2 Å². The van der Waals surface area contributed by atoms with E-state index in [4.69, 9.17) is 14.8 Å². The van der Waals surface area contributed by atoms with Crippen LogP contribution in [0.4, 0.5) is 0 Å². The standard InChI is InChI=1S/C19H20N4O/c20-10-11-2-1-3-12(6-11)16-9-17(16)19-22-18(23-24-19)13-7-14-4-5-15(8-13)21-14/h1-3,6,13-17,21H,4-5,7-9H2/t13?,14?,15?,16-,17+/m0/s1. The summed E-state index contributed by atoms with van der Waals surface area (Å²) in [5.74, 6) is 2.86. The Morgan fingerprint density at radius 1 is 1.12 bits per heavy atom. The van der Waals surface area contributed by atoms with E-state index in [0.29, 0.717) is 29.8 Å². The van der Waals surface area contributed by atoms with Crippen molar-refractivity contribution in [2.75, 3.05) is 0 Å². The number of fused-ring (bicyclic) bond motifs is 2. The summed E-state index contributed by atoms with van der Waals surface area (Å²) >= 11 is 0. The minimum Gasteiger partial charge on any atom is -0.339 e. The maximum atomic E-state index is 9.05. The number of rotatable bonds is 3. The number of nitriles is 1. The van der Waals surface area contributed by atoms with E-state index in [-0.39, 0.29) is 0 Å². The molecule has 3 fully saturated rings. The van der Waals surface area contributed by atoms with Gasteiger partial charge in [0.15, 0.2) is 5.82 Å². The molecule has 3 aliphatic rings. The van der Waals surface area contributed by atoms with Crippen LogP contribution < -0.4 is 5.32 Å². The Morgan fingerprint density at radius 3 is 2.75 bits per heavy atom. The molecule has 1 N–H and O–H groups in total. The molecule has 2 unspecified atom stereocenters. The van der Waals surface area contributed by atoms with Gasteiger partial charge in [0.2, 0.25) is 5.89 Å². The van der Waals surface area contributed by atoms with Gasteiger partial charge in [-0.05, 0) is 55.7 Å². The molecule has 1 aromatic heterocycles. The van der Waals surface area contributed by atoms with Crippen molar-refractivity contribution in [3.05, 3.63) is 47.1 Å². The van der Waals surface area contributed by atoms with E-state index < -0.39 is 0 Å². The van der Waals surface area contributed by atoms with Gasteiger partial charge in [-0.25, -0.2) is 0 Å². The van der Waals surface area contributed by atoms with Crippen LogP contribution in [0.1, 0.15) is 72.7 Å². The molecular weight excluding hydrogens is 300 g/mol. The number of nitrogens with one attached hydrogen (secondary N) is 1. The number of hydrogen-bond acceptors (Lipinski definition) is 5. The zero-order valence-electron chi connectivity index (χ0n) is 13.5. The SMILES string of the molecule is N#Cc1cccc([C@@H]2C[C@H]2c2nc(C3CC4CCC(C3)N4)no2)c1. The topological polar surface area (TPSA) is 74.7 Å². The van der Waals surface area contributed by atoms with Crippen molar-refractivity contribution in [2.24, 2.45) is 0 Å². The molecule has 0 spiro atoms. The van der Waals surface area contributed by atoms with Crippen molar-refractivity contribution in [1.82, 2.24) is 15.5 Å². The normalized spacial score (nSPS) is 34.0. The third-order valence-electron chi connectivity index (χ3n) is 5.85. The van der Waals surface area contributed by atoms with Gasteiger partial charge in [0, 0.05) is 23.9 Å². The third-order valence-corrected chi connectivity index (χ3v) is 5.85. The molecule has 5 rings (SSSR count). The molecule has 5 heteroatoms. The zero-order chi connectivity index (χ0) is 16.1. The van der Waals surface area contributed by atoms with Crippen LogP contribution in [0.25, 0.3) is 0 Å². The van der Waals surface area contributed by atoms with Crippen LogP contribution in [0.15, 0.2) is 28.8 Å². The number of hydrogen-bond donors (Lipinski definition) is 1. The van der Waals surface area contributed by atoms with Gasteiger partial charge in [0.25, 0.3) is 0 Å². The molecule has 2 aliphatic heterocycles. The van der Waals surface area contributed by atoms with Crippen molar-refractivity contribution >= 4 is 0 Å². The fourth-order valence-electron chi connectivity index (χ4n) is 4.51. The first-order valence-corrected chi connectivity index (χ1v) is 8.90. The summed E-state index contributed by atoms with van der Waals surface area (Å²) in [4.78, 5) is 4.74. The Kier molecular flexibility index (Phi) is 3.20. The van der Waals surface area contributed by atoms with E-state index in [1.165, 1.54) is 18.4 Å². The molecular formula is C19H20N4O. The molecule has 122 valence electrons. The first-order valence-electron chi connectivity index (χ1n) is 8.90. The first-order chi connectivity index (χ1) is 11.8. The lowest BCUT2D eigenvalue weighted by Gasteiger charge is -2.26. The lowest BCUT2D eigenvalue weighted by atomic mass is 9.92. The molecule has 2 saturated heterocycles. The Morgan fingerprint density at radius 2 is 1.96 bits per heavy atom. The molecule has 2 bridgehead atoms. The van der Waals surface area contributed by atoms with Gasteiger partial charge in [0.05, 0.1) is 11.6 Å². The lowest BCUT2D eigenvalue weighted by molar-refractivity contribution is 0.332. The number of nitrogens with zero attached hydrogens (tertiary/aromatic N) is 3. The van der Waals surface area contributed by atoms with Gasteiger partial charge in [0.1, 0.15) is 0 Å². The summed E-state index contributed by atoms with van der Waals surface area (Å²) < 4.78 is 5.59. The summed E-state index contributed by atoms with van der Waals surface area (Å²) in [6, 6.07) is 11.3. The van der Waals surface area contributed by atoms with Crippen molar-refractivity contribution in [2.45, 2.75) is 61.9 Å². The minimum absolute atomic E-state index is 0.318. The van der Waals surface area contributed by atoms with Crippen LogP contribution in [0.5, 0.6) is 0 Å². The van der Waals surface area contributed by atoms with Crippen molar-refractivity contribution in [3.8, 4) is 6.07 Å². The molecule has 4 atom stereocenters. The number of piperidine rings is 1. The van der Waals surface area contributed by atoms with Gasteiger partial charge in [-0.2, -0.15) is 10.2 Å². The molecule has 24 heavy (non-hydrogen) atoms. The Bertz CT molecular complexity index is 796. The molecule has 2 aromatic rings. The molecule has 1 aliphatic carbocycles. The smallest absolute Gasteiger partial charge is 0.230 e. The molecule has 1 saturated carbocycles. The second-order valence-electron chi connectivity index (χ2n) is 7.48. The van der Waals surface area contributed by atoms with Gasteiger partial charge in [-0.3, -0.25) is 0 Å². The molecule has 0 radical (unpaired) electrons. The van der Waals surface area contributed by atoms with E-state index in [2.05, 4.69) is 22.6 Å². The van der Waals surface area contributed by atoms with Gasteiger partial charge >= 0.3 is 0 Å². The van der Waals surface area contributed by atoms with E-state index in [1.54, 1.807) is 0 Å². The largest absolute Gasteiger partial charge is 0.339 e. The predicted molar refractivity (Wildman–Crippen MR) is 87.5 cm³/mol. The average Bonchev–Trinajstić information content (AvgIpc) is 3.14. The zero-order valence-corrected chi connectivity index (χ0v) is 13.5. The van der Waals surface area contributed by atoms with E-state index >= 15 is 0 Å². The monoisotopic (exact) mass is 320 g/mol. The molecule has 1 aromatic carbocycles. The van der Waals surface area contributed by atoms with Gasteiger partial charge in [-0.15, -0.1) is 0 Å². The molecule has 5 nitrogen and oxygen atoms in total. The average molecular weight is 320 g/mol. The summed E-state index contributed by atoms with van der Waals surface area (Å²) in [6.07, 6.45) is 5.87. The fraction of sp³-hybridized carbons (Fsp3) is 0.526. The highest BCUT2D eigenvalue weighted by molar-refractivity contribution is 5.38. The number of benzene rings is 1. The Labute approximate surface area is 141 Å². The van der Waals surface area contributed by atoms with Crippen LogP contribution in [0.3, 0.4) is 0 Å². The van der Waals surface area contributed by atoms with Crippen LogP contribution in [-0.2, 0) is 0 Å². The van der Waals surface area contributed by atoms with Gasteiger partial charge < -0.3 is 9.84 Å². The Balaban J connectivity index is 1.31. The molecule has 3 heterocycles. The van der Waals surface area contributed by atoms with Crippen LogP contribution in [0.2, 0.25) is 0 Å². The van der Waals surface area contributed by atoms with Crippen molar-refractivity contribution < 1.29 is 4.52 Å². The number of aromatic nitrogens is 2.